The first-order valence-electron chi connectivity index (χ1n) is 9.74. The third-order valence-corrected chi connectivity index (χ3v) is 5.64. The largest absolute Gasteiger partial charge is 0.493 e. The maximum Gasteiger partial charge on any atom is 0.227 e. The molecule has 0 bridgehead atoms. The lowest BCUT2D eigenvalue weighted by atomic mass is 9.93. The van der Waals surface area contributed by atoms with E-state index in [0.29, 0.717) is 24.8 Å². The Balaban J connectivity index is 1.47. The third-order valence-electron chi connectivity index (χ3n) is 5.64. The molecule has 1 saturated heterocycles. The van der Waals surface area contributed by atoms with Crippen molar-refractivity contribution in [3.8, 4) is 11.5 Å². The van der Waals surface area contributed by atoms with Crippen molar-refractivity contribution in [1.82, 2.24) is 14.9 Å². The number of nitrogens with zero attached hydrogens (tertiary/aromatic N) is 4. The van der Waals surface area contributed by atoms with Crippen LogP contribution in [0.1, 0.15) is 24.0 Å². The van der Waals surface area contributed by atoms with Gasteiger partial charge >= 0.3 is 0 Å². The van der Waals surface area contributed by atoms with Crippen LogP contribution < -0.4 is 14.4 Å². The van der Waals surface area contributed by atoms with Gasteiger partial charge in [0.15, 0.2) is 11.5 Å². The monoisotopic (exact) mass is 382 g/mol. The summed E-state index contributed by atoms with van der Waals surface area (Å²) in [6.45, 7) is 2.93. The van der Waals surface area contributed by atoms with Crippen molar-refractivity contribution >= 4 is 11.9 Å². The highest BCUT2D eigenvalue weighted by molar-refractivity contribution is 5.80. The summed E-state index contributed by atoms with van der Waals surface area (Å²) in [5.41, 5.74) is 2.36. The number of aromatic nitrogens is 2. The lowest BCUT2D eigenvalue weighted by molar-refractivity contribution is -0.136. The number of piperidine rings is 1. The smallest absolute Gasteiger partial charge is 0.227 e. The molecule has 1 aromatic carbocycles. The minimum absolute atomic E-state index is 0.0146. The van der Waals surface area contributed by atoms with Gasteiger partial charge in [0.05, 0.1) is 20.1 Å². The third kappa shape index (κ3) is 3.61. The van der Waals surface area contributed by atoms with E-state index < -0.39 is 0 Å². The van der Waals surface area contributed by atoms with Crippen LogP contribution in [0.3, 0.4) is 0 Å². The van der Waals surface area contributed by atoms with Crippen molar-refractivity contribution in [3.63, 3.8) is 0 Å². The van der Waals surface area contributed by atoms with Gasteiger partial charge in [-0.2, -0.15) is 0 Å². The highest BCUT2D eigenvalue weighted by atomic mass is 16.5. The van der Waals surface area contributed by atoms with Crippen molar-refractivity contribution in [3.05, 3.63) is 41.7 Å². The molecule has 0 unspecified atom stereocenters. The topological polar surface area (TPSA) is 67.8 Å². The summed E-state index contributed by atoms with van der Waals surface area (Å²) < 4.78 is 10.8. The van der Waals surface area contributed by atoms with Crippen LogP contribution in [0, 0.1) is 5.92 Å². The highest BCUT2D eigenvalue weighted by Crippen LogP contribution is 2.34. The molecule has 148 valence electrons. The van der Waals surface area contributed by atoms with Gasteiger partial charge in [0.25, 0.3) is 0 Å². The number of ether oxygens (including phenoxy) is 2. The van der Waals surface area contributed by atoms with Gasteiger partial charge in [-0.3, -0.25) is 4.79 Å². The number of rotatable bonds is 4. The Labute approximate surface area is 165 Å². The Bertz CT molecular complexity index is 843. The van der Waals surface area contributed by atoms with Crippen LogP contribution >= 0.6 is 0 Å². The fraction of sp³-hybridized carbons (Fsp3) is 0.476. The molecule has 7 heteroatoms. The predicted octanol–water partition coefficient (Wildman–Crippen LogP) is 2.30. The Kier molecular flexibility index (Phi) is 5.32. The molecular weight excluding hydrogens is 356 g/mol. The van der Waals surface area contributed by atoms with Crippen LogP contribution in [0.5, 0.6) is 11.5 Å². The maximum atomic E-state index is 13.2. The molecule has 1 aromatic heterocycles. The van der Waals surface area contributed by atoms with Gasteiger partial charge in [-0.15, -0.1) is 0 Å². The van der Waals surface area contributed by atoms with E-state index in [9.17, 15) is 4.79 Å². The van der Waals surface area contributed by atoms with Crippen LogP contribution in [0.4, 0.5) is 5.95 Å². The summed E-state index contributed by atoms with van der Waals surface area (Å²) in [7, 11) is 3.28. The van der Waals surface area contributed by atoms with Gasteiger partial charge in [-0.1, -0.05) is 0 Å². The molecule has 0 radical (unpaired) electrons. The molecule has 4 rings (SSSR count). The molecule has 3 heterocycles. The van der Waals surface area contributed by atoms with Gasteiger partial charge in [0.1, 0.15) is 0 Å². The van der Waals surface area contributed by atoms with Crippen LogP contribution in [0.25, 0.3) is 0 Å². The van der Waals surface area contributed by atoms with E-state index in [0.717, 1.165) is 43.7 Å². The zero-order chi connectivity index (χ0) is 19.5. The molecule has 0 aliphatic carbocycles. The predicted molar refractivity (Wildman–Crippen MR) is 106 cm³/mol. The van der Waals surface area contributed by atoms with E-state index in [4.69, 9.17) is 9.47 Å². The Morgan fingerprint density at radius 1 is 1.07 bits per heavy atom. The van der Waals surface area contributed by atoms with Crippen LogP contribution in [0.15, 0.2) is 30.6 Å². The van der Waals surface area contributed by atoms with Gasteiger partial charge in [0, 0.05) is 38.6 Å². The summed E-state index contributed by atoms with van der Waals surface area (Å²) >= 11 is 0. The molecule has 2 aliphatic rings. The highest BCUT2D eigenvalue weighted by Gasteiger charge is 2.32. The maximum absolute atomic E-state index is 13.2. The number of hydrogen-bond acceptors (Lipinski definition) is 6. The minimum Gasteiger partial charge on any atom is -0.493 e. The van der Waals surface area contributed by atoms with Gasteiger partial charge in [0.2, 0.25) is 11.9 Å². The number of anilines is 1. The molecule has 1 atom stereocenters. The average molecular weight is 382 g/mol. The van der Waals surface area contributed by atoms with Gasteiger partial charge in [-0.25, -0.2) is 9.97 Å². The van der Waals surface area contributed by atoms with Crippen LogP contribution in [0.2, 0.25) is 0 Å². The Morgan fingerprint density at radius 3 is 2.50 bits per heavy atom. The van der Waals surface area contributed by atoms with Crippen LogP contribution in [-0.2, 0) is 17.8 Å². The lowest BCUT2D eigenvalue weighted by Crippen LogP contribution is -2.46. The molecule has 1 fully saturated rings. The number of benzene rings is 1. The first-order chi connectivity index (χ1) is 13.7. The summed E-state index contributed by atoms with van der Waals surface area (Å²) in [4.78, 5) is 26.0. The fourth-order valence-electron chi connectivity index (χ4n) is 4.14. The second-order valence-electron chi connectivity index (χ2n) is 7.32. The molecule has 2 aliphatic heterocycles. The van der Waals surface area contributed by atoms with Crippen molar-refractivity contribution in [2.24, 2.45) is 5.92 Å². The van der Waals surface area contributed by atoms with Gasteiger partial charge in [-0.05, 0) is 48.6 Å². The van der Waals surface area contributed by atoms with Crippen molar-refractivity contribution in [1.29, 1.82) is 0 Å². The zero-order valence-corrected chi connectivity index (χ0v) is 16.4. The van der Waals surface area contributed by atoms with E-state index >= 15 is 0 Å². The normalized spacial score (nSPS) is 19.1. The molecule has 0 spiro atoms. The number of carbonyl (C=O) groups is 1. The summed E-state index contributed by atoms with van der Waals surface area (Å²) in [6.07, 6.45) is 6.22. The Hall–Kier alpha value is -2.83. The quantitative estimate of drug-likeness (QED) is 0.808. The first-order valence-corrected chi connectivity index (χ1v) is 9.74. The fourth-order valence-corrected chi connectivity index (χ4v) is 4.14. The Morgan fingerprint density at radius 2 is 1.79 bits per heavy atom. The van der Waals surface area contributed by atoms with E-state index in [2.05, 4.69) is 14.9 Å². The molecule has 1 amide bonds. The van der Waals surface area contributed by atoms with Gasteiger partial charge < -0.3 is 19.3 Å². The number of hydrogen-bond donors (Lipinski definition) is 0. The first kappa shape index (κ1) is 18.5. The summed E-state index contributed by atoms with van der Waals surface area (Å²) in [5.74, 6) is 2.37. The summed E-state index contributed by atoms with van der Waals surface area (Å²) in [5, 5.41) is 0. The van der Waals surface area contributed by atoms with E-state index in [1.807, 2.05) is 23.1 Å². The SMILES string of the molecule is COc1cc2c(cc1OC)CN(C(=O)[C@H]1CCCN(c3ncccn3)C1)CC2. The zero-order valence-electron chi connectivity index (χ0n) is 16.4. The number of carbonyl (C=O) groups excluding carboxylic acids is 1. The summed E-state index contributed by atoms with van der Waals surface area (Å²) in [6, 6.07) is 5.84. The van der Waals surface area contributed by atoms with Crippen LogP contribution in [-0.4, -0.2) is 54.6 Å². The molecule has 2 aromatic rings. The average Bonchev–Trinajstić information content (AvgIpc) is 2.77. The second-order valence-corrected chi connectivity index (χ2v) is 7.32. The molecular formula is C21H26N4O3. The lowest BCUT2D eigenvalue weighted by Gasteiger charge is -2.36. The standard InChI is InChI=1S/C21H26N4O3/c1-27-18-11-15-6-10-24(14-17(15)12-19(18)28-2)20(26)16-5-3-9-25(13-16)21-22-7-4-8-23-21/h4,7-8,11-12,16H,3,5-6,9-10,13-14H2,1-2H3/t16-/m0/s1. The molecule has 0 saturated carbocycles. The minimum atomic E-state index is -0.0146. The molecule has 28 heavy (non-hydrogen) atoms. The van der Waals surface area contributed by atoms with Crippen molar-refractivity contribution < 1.29 is 14.3 Å². The molecule has 7 nitrogen and oxygen atoms in total. The van der Waals surface area contributed by atoms with Crippen molar-refractivity contribution in [2.45, 2.75) is 25.8 Å². The van der Waals surface area contributed by atoms with E-state index in [1.165, 1.54) is 5.56 Å². The number of methoxy groups -OCH3 is 2. The second kappa shape index (κ2) is 8.04. The van der Waals surface area contributed by atoms with E-state index in [-0.39, 0.29) is 11.8 Å². The molecule has 0 N–H and O–H groups in total. The number of amides is 1. The van der Waals surface area contributed by atoms with E-state index in [1.54, 1.807) is 26.6 Å². The number of fused-ring (bicyclic) bond motifs is 1. The van der Waals surface area contributed by atoms with Crippen molar-refractivity contribution in [2.75, 3.05) is 38.8 Å².